The van der Waals surface area contributed by atoms with Gasteiger partial charge in [0.15, 0.2) is 6.10 Å². The van der Waals surface area contributed by atoms with Gasteiger partial charge in [-0.1, -0.05) is 143 Å². The van der Waals surface area contributed by atoms with Crippen LogP contribution in [0.15, 0.2) is 97.2 Å². The molecule has 10 nitrogen and oxygen atoms in total. The van der Waals surface area contributed by atoms with Crippen LogP contribution in [0.25, 0.3) is 0 Å². The van der Waals surface area contributed by atoms with Crippen LogP contribution in [0.5, 0.6) is 0 Å². The van der Waals surface area contributed by atoms with Crippen LogP contribution in [-0.4, -0.2) is 65.7 Å². The molecule has 0 fully saturated rings. The van der Waals surface area contributed by atoms with Gasteiger partial charge in [0.2, 0.25) is 0 Å². The van der Waals surface area contributed by atoms with E-state index in [-0.39, 0.29) is 19.4 Å². The number of ether oxygens (including phenoxy) is 2. The van der Waals surface area contributed by atoms with E-state index in [0.29, 0.717) is 19.3 Å². The summed E-state index contributed by atoms with van der Waals surface area (Å²) in [6.45, 7) is 2.09. The summed E-state index contributed by atoms with van der Waals surface area (Å²) >= 11 is 0. The summed E-state index contributed by atoms with van der Waals surface area (Å²) in [4.78, 5) is 34.9. The van der Waals surface area contributed by atoms with Gasteiger partial charge in [-0.25, -0.2) is 4.57 Å². The number of hydrogen-bond donors (Lipinski definition) is 3. The first-order chi connectivity index (χ1) is 26.7. The highest BCUT2D eigenvalue weighted by atomic mass is 31.2. The molecule has 0 aromatic carbocycles. The Balaban J connectivity index is 4.50. The number of phosphoric ester groups is 1. The molecule has 0 amide bonds. The fourth-order valence-electron chi connectivity index (χ4n) is 4.70. The minimum atomic E-state index is -4.64. The average Bonchev–Trinajstić information content (AvgIpc) is 3.17. The molecule has 0 aromatic rings. The zero-order chi connectivity index (χ0) is 40.5. The molecule has 0 aromatic heterocycles. The summed E-state index contributed by atoms with van der Waals surface area (Å²) in [6.07, 6.45) is 46.6. The molecule has 0 aliphatic heterocycles. The summed E-state index contributed by atoms with van der Waals surface area (Å²) in [5.41, 5.74) is 0. The van der Waals surface area contributed by atoms with Crippen LogP contribution in [-0.2, 0) is 32.7 Å². The van der Waals surface area contributed by atoms with Crippen molar-refractivity contribution in [1.82, 2.24) is 0 Å². The molecule has 0 aliphatic rings. The third-order valence-electron chi connectivity index (χ3n) is 7.82. The van der Waals surface area contributed by atoms with Crippen LogP contribution in [0.3, 0.4) is 0 Å². The van der Waals surface area contributed by atoms with Crippen LogP contribution in [0.1, 0.15) is 129 Å². The Hall–Kier alpha value is -3.11. The van der Waals surface area contributed by atoms with E-state index in [1.165, 1.54) is 19.3 Å². The summed E-state index contributed by atoms with van der Waals surface area (Å²) in [5.74, 6) is -1.03. The molecule has 0 bridgehead atoms. The summed E-state index contributed by atoms with van der Waals surface area (Å²) in [7, 11) is -4.64. The molecular weight excluding hydrogens is 719 g/mol. The van der Waals surface area contributed by atoms with Crippen LogP contribution >= 0.6 is 7.82 Å². The Labute approximate surface area is 332 Å². The summed E-state index contributed by atoms with van der Waals surface area (Å²) in [5, 5.41) is 18.3. The van der Waals surface area contributed by atoms with Gasteiger partial charge in [0.25, 0.3) is 0 Å². The maximum absolute atomic E-state index is 12.6. The second-order valence-corrected chi connectivity index (χ2v) is 14.5. The molecule has 0 heterocycles. The molecule has 3 atom stereocenters. The van der Waals surface area contributed by atoms with Crippen molar-refractivity contribution < 1.29 is 47.8 Å². The topological polar surface area (TPSA) is 149 Å². The van der Waals surface area contributed by atoms with Crippen molar-refractivity contribution in [2.45, 2.75) is 142 Å². The number of rotatable bonds is 36. The highest BCUT2D eigenvalue weighted by Gasteiger charge is 2.27. The Bertz CT molecular complexity index is 1230. The number of carbonyl (C=O) groups excluding carboxylic acids is 2. The maximum Gasteiger partial charge on any atom is 0.472 e. The Kier molecular flexibility index (Phi) is 36.9. The summed E-state index contributed by atoms with van der Waals surface area (Å²) in [6, 6.07) is 0. The Morgan fingerprint density at radius 3 is 1.73 bits per heavy atom. The predicted molar refractivity (Wildman–Crippen MR) is 223 cm³/mol. The third kappa shape index (κ3) is 38.9. The molecule has 0 saturated heterocycles. The van der Waals surface area contributed by atoms with E-state index in [0.717, 1.165) is 64.2 Å². The monoisotopic (exact) mass is 790 g/mol. The van der Waals surface area contributed by atoms with E-state index in [4.69, 9.17) is 19.1 Å². The molecule has 312 valence electrons. The second kappa shape index (κ2) is 39.1. The highest BCUT2D eigenvalue weighted by molar-refractivity contribution is 7.47. The third-order valence-corrected chi connectivity index (χ3v) is 8.77. The van der Waals surface area contributed by atoms with Gasteiger partial charge in [0.05, 0.1) is 19.8 Å². The van der Waals surface area contributed by atoms with Gasteiger partial charge in [-0.05, 0) is 70.6 Å². The standard InChI is InChI=1S/C44H71O10P/c1-3-5-7-9-11-13-15-17-19-20-22-23-25-27-29-31-33-35-43(47)51-39-42(40-53-55(49,50)52-38-41(46)37-45)54-44(48)36-34-32-30-28-26-24-21-18-16-14-12-10-8-6-4-2/h6,8,10-14,16-19,21-23,27,29,41-42,45-46H,3-5,7,9,15,20,24-26,28,30-40H2,1-2H3,(H,49,50)/b8-6+,12-10+,13-11+,16-14+,19-17+,21-18+,23-22+,29-27+/t41-,42+/m0/s1. The normalized spacial score (nSPS) is 14.9. The Morgan fingerprint density at radius 1 is 0.582 bits per heavy atom. The minimum Gasteiger partial charge on any atom is -0.462 e. The second-order valence-electron chi connectivity index (χ2n) is 13.0. The first kappa shape index (κ1) is 51.9. The number of aliphatic hydroxyl groups is 2. The number of carbonyl (C=O) groups is 2. The van der Waals surface area contributed by atoms with E-state index in [1.54, 1.807) is 0 Å². The SMILES string of the molecule is CC/C=C/C=C/C=C/C=C/CCCCCCCC(=O)O[C@H](COC(=O)CCC/C=C/C/C=C/C/C=C/C/C=C/CCCCC)COP(=O)(O)OC[C@@H](O)CO. The molecule has 3 N–H and O–H groups in total. The van der Waals surface area contributed by atoms with Crippen molar-refractivity contribution in [3.05, 3.63) is 97.2 Å². The molecule has 0 radical (unpaired) electrons. The maximum atomic E-state index is 12.6. The quantitative estimate of drug-likeness (QED) is 0.0184. The van der Waals surface area contributed by atoms with Crippen molar-refractivity contribution in [3.8, 4) is 0 Å². The van der Waals surface area contributed by atoms with E-state index >= 15 is 0 Å². The molecular formula is C44H71O10P. The largest absolute Gasteiger partial charge is 0.472 e. The van der Waals surface area contributed by atoms with Gasteiger partial charge < -0.3 is 24.6 Å². The van der Waals surface area contributed by atoms with E-state index in [1.807, 2.05) is 42.5 Å². The first-order valence-electron chi connectivity index (χ1n) is 20.2. The number of allylic oxidation sites excluding steroid dienone is 16. The van der Waals surface area contributed by atoms with Gasteiger partial charge in [-0.3, -0.25) is 18.6 Å². The Morgan fingerprint density at radius 2 is 1.09 bits per heavy atom. The zero-order valence-corrected chi connectivity index (χ0v) is 34.5. The number of aliphatic hydroxyl groups excluding tert-OH is 2. The van der Waals surface area contributed by atoms with Gasteiger partial charge in [0.1, 0.15) is 12.7 Å². The minimum absolute atomic E-state index is 0.140. The smallest absolute Gasteiger partial charge is 0.462 e. The van der Waals surface area contributed by atoms with Crippen molar-refractivity contribution >= 4 is 19.8 Å². The van der Waals surface area contributed by atoms with Crippen LogP contribution in [0, 0.1) is 0 Å². The van der Waals surface area contributed by atoms with Crippen LogP contribution in [0.4, 0.5) is 0 Å². The lowest BCUT2D eigenvalue weighted by atomic mass is 10.1. The predicted octanol–water partition coefficient (Wildman–Crippen LogP) is 10.4. The first-order valence-corrected chi connectivity index (χ1v) is 21.7. The summed E-state index contributed by atoms with van der Waals surface area (Å²) < 4.78 is 32.6. The lowest BCUT2D eigenvalue weighted by Crippen LogP contribution is -2.29. The van der Waals surface area contributed by atoms with E-state index in [9.17, 15) is 24.2 Å². The molecule has 0 saturated carbocycles. The number of hydrogen-bond acceptors (Lipinski definition) is 9. The van der Waals surface area contributed by atoms with Gasteiger partial charge in [0, 0.05) is 12.8 Å². The van der Waals surface area contributed by atoms with Gasteiger partial charge in [-0.15, -0.1) is 0 Å². The van der Waals surface area contributed by atoms with Crippen molar-refractivity contribution in [2.75, 3.05) is 26.4 Å². The van der Waals surface area contributed by atoms with Crippen molar-refractivity contribution in [2.24, 2.45) is 0 Å². The average molecular weight is 791 g/mol. The molecule has 0 spiro atoms. The molecule has 55 heavy (non-hydrogen) atoms. The fourth-order valence-corrected chi connectivity index (χ4v) is 5.49. The molecule has 0 aliphatic carbocycles. The number of phosphoric acid groups is 1. The van der Waals surface area contributed by atoms with E-state index < -0.39 is 51.8 Å². The molecule has 1 unspecified atom stereocenters. The van der Waals surface area contributed by atoms with Crippen molar-refractivity contribution in [1.29, 1.82) is 0 Å². The van der Waals surface area contributed by atoms with Crippen LogP contribution in [0.2, 0.25) is 0 Å². The fraction of sp³-hybridized carbons (Fsp3) is 0.591. The van der Waals surface area contributed by atoms with Crippen LogP contribution < -0.4 is 0 Å². The number of esters is 2. The lowest BCUT2D eigenvalue weighted by Gasteiger charge is -2.20. The van der Waals surface area contributed by atoms with Crippen molar-refractivity contribution in [3.63, 3.8) is 0 Å². The highest BCUT2D eigenvalue weighted by Crippen LogP contribution is 2.43. The lowest BCUT2D eigenvalue weighted by molar-refractivity contribution is -0.161. The molecule has 0 rings (SSSR count). The molecule has 11 heteroatoms. The van der Waals surface area contributed by atoms with E-state index in [2.05, 4.69) is 73.1 Å². The number of unbranched alkanes of at least 4 members (excludes halogenated alkanes) is 9. The van der Waals surface area contributed by atoms with Gasteiger partial charge in [-0.2, -0.15) is 0 Å². The van der Waals surface area contributed by atoms with Gasteiger partial charge >= 0.3 is 19.8 Å². The zero-order valence-electron chi connectivity index (χ0n) is 33.6.